The number of carboxylic acid groups (broad SMARTS) is 1. The Labute approximate surface area is 220 Å². The van der Waals surface area contributed by atoms with Crippen LogP contribution in [0.4, 0.5) is 21.5 Å². The molecule has 38 heavy (non-hydrogen) atoms. The molecule has 3 N–H and O–H groups in total. The SMILES string of the molecule is CC(=O)N(CCN(C)C)c1ccc(NC(=C2C(=O)Nc3cc(F)ccc32)c2cccc(CC(=O)O)c2)cc1. The molecule has 9 heteroatoms. The van der Waals surface area contributed by atoms with Gasteiger partial charge in [0.2, 0.25) is 5.91 Å². The van der Waals surface area contributed by atoms with Crippen molar-refractivity contribution in [1.29, 1.82) is 0 Å². The normalized spacial score (nSPS) is 13.7. The van der Waals surface area contributed by atoms with Gasteiger partial charge in [0.25, 0.3) is 5.91 Å². The number of carboxylic acids is 1. The molecule has 1 aliphatic rings. The van der Waals surface area contributed by atoms with Gasteiger partial charge in [-0.2, -0.15) is 0 Å². The smallest absolute Gasteiger partial charge is 0.307 e. The number of nitrogens with one attached hydrogen (secondary N) is 2. The first-order chi connectivity index (χ1) is 18.1. The molecule has 3 aromatic carbocycles. The summed E-state index contributed by atoms with van der Waals surface area (Å²) in [5.74, 6) is -1.91. The van der Waals surface area contributed by atoms with Crippen LogP contribution >= 0.6 is 0 Å². The molecule has 196 valence electrons. The second kappa shape index (κ2) is 11.3. The minimum Gasteiger partial charge on any atom is -0.481 e. The van der Waals surface area contributed by atoms with Crippen molar-refractivity contribution in [2.75, 3.05) is 42.7 Å². The van der Waals surface area contributed by atoms with Crippen molar-refractivity contribution in [2.45, 2.75) is 13.3 Å². The van der Waals surface area contributed by atoms with E-state index in [-0.39, 0.29) is 12.3 Å². The number of aliphatic carboxylic acids is 1. The summed E-state index contributed by atoms with van der Waals surface area (Å²) < 4.78 is 13.9. The number of amides is 2. The quantitative estimate of drug-likeness (QED) is 0.367. The van der Waals surface area contributed by atoms with E-state index in [1.54, 1.807) is 47.4 Å². The molecule has 0 fully saturated rings. The van der Waals surface area contributed by atoms with Gasteiger partial charge in [-0.25, -0.2) is 4.39 Å². The van der Waals surface area contributed by atoms with Gasteiger partial charge in [0.05, 0.1) is 23.4 Å². The number of carbonyl (C=O) groups excluding carboxylic acids is 2. The predicted octanol–water partition coefficient (Wildman–Crippen LogP) is 4.30. The van der Waals surface area contributed by atoms with Crippen molar-refractivity contribution < 1.29 is 23.9 Å². The molecular weight excluding hydrogens is 487 g/mol. The van der Waals surface area contributed by atoms with Gasteiger partial charge in [-0.15, -0.1) is 0 Å². The number of hydrogen-bond donors (Lipinski definition) is 3. The fraction of sp³-hybridized carbons (Fsp3) is 0.207. The molecule has 0 atom stereocenters. The van der Waals surface area contributed by atoms with E-state index in [2.05, 4.69) is 10.6 Å². The highest BCUT2D eigenvalue weighted by atomic mass is 19.1. The zero-order valence-corrected chi connectivity index (χ0v) is 21.4. The van der Waals surface area contributed by atoms with Gasteiger partial charge in [-0.1, -0.05) is 18.2 Å². The number of halogens is 1. The molecule has 4 rings (SSSR count). The van der Waals surface area contributed by atoms with Crippen LogP contribution in [0, 0.1) is 5.82 Å². The van der Waals surface area contributed by atoms with Crippen LogP contribution in [-0.2, 0) is 20.8 Å². The van der Waals surface area contributed by atoms with Crippen molar-refractivity contribution in [2.24, 2.45) is 0 Å². The minimum absolute atomic E-state index is 0.0722. The van der Waals surface area contributed by atoms with E-state index in [1.165, 1.54) is 19.1 Å². The molecule has 1 aliphatic heterocycles. The summed E-state index contributed by atoms with van der Waals surface area (Å²) >= 11 is 0. The Kier molecular flexibility index (Phi) is 7.87. The van der Waals surface area contributed by atoms with Crippen LogP contribution in [0.25, 0.3) is 11.3 Å². The summed E-state index contributed by atoms with van der Waals surface area (Å²) in [7, 11) is 3.88. The zero-order chi connectivity index (χ0) is 27.4. The largest absolute Gasteiger partial charge is 0.481 e. The zero-order valence-electron chi connectivity index (χ0n) is 21.4. The summed E-state index contributed by atoms with van der Waals surface area (Å²) in [5, 5.41) is 15.3. The molecule has 3 aromatic rings. The number of carbonyl (C=O) groups is 3. The van der Waals surface area contributed by atoms with Gasteiger partial charge in [0.15, 0.2) is 0 Å². The number of anilines is 3. The van der Waals surface area contributed by atoms with Crippen LogP contribution in [0.15, 0.2) is 66.7 Å². The lowest BCUT2D eigenvalue weighted by Crippen LogP contribution is -2.35. The van der Waals surface area contributed by atoms with Crippen molar-refractivity contribution in [3.63, 3.8) is 0 Å². The van der Waals surface area contributed by atoms with Crippen molar-refractivity contribution in [3.05, 3.63) is 89.2 Å². The van der Waals surface area contributed by atoms with Gasteiger partial charge < -0.3 is 25.5 Å². The van der Waals surface area contributed by atoms with Gasteiger partial charge in [0, 0.05) is 37.0 Å². The fourth-order valence-electron chi connectivity index (χ4n) is 4.32. The summed E-state index contributed by atoms with van der Waals surface area (Å²) in [6.45, 7) is 2.76. The minimum atomic E-state index is -0.969. The second-order valence-electron chi connectivity index (χ2n) is 9.31. The highest BCUT2D eigenvalue weighted by molar-refractivity contribution is 6.37. The molecule has 0 saturated carbocycles. The van der Waals surface area contributed by atoms with E-state index < -0.39 is 17.7 Å². The lowest BCUT2D eigenvalue weighted by Gasteiger charge is -2.23. The summed E-state index contributed by atoms with van der Waals surface area (Å²) in [4.78, 5) is 40.3. The standard InChI is InChI=1S/C29H29FN4O4/c1-18(35)34(14-13-33(2)3)23-10-8-22(9-11-23)31-28(20-6-4-5-19(15-20)16-26(36)37)27-24-12-7-21(30)17-25(24)32-29(27)38/h4-12,15,17,31H,13-14,16H2,1-3H3,(H,32,38)(H,36,37). The number of fused-ring (bicyclic) bond motifs is 1. The third-order valence-electron chi connectivity index (χ3n) is 6.15. The molecule has 0 unspecified atom stereocenters. The molecule has 0 aromatic heterocycles. The highest BCUT2D eigenvalue weighted by Gasteiger charge is 2.29. The number of rotatable bonds is 9. The molecule has 0 spiro atoms. The van der Waals surface area contributed by atoms with Crippen LogP contribution in [0.5, 0.6) is 0 Å². The topological polar surface area (TPSA) is 102 Å². The van der Waals surface area contributed by atoms with Crippen LogP contribution in [0.3, 0.4) is 0 Å². The lowest BCUT2D eigenvalue weighted by atomic mass is 9.98. The van der Waals surface area contributed by atoms with Crippen LogP contribution in [0.2, 0.25) is 0 Å². The first-order valence-electron chi connectivity index (χ1n) is 12.1. The lowest BCUT2D eigenvalue weighted by molar-refractivity contribution is -0.136. The molecule has 2 amide bonds. The van der Waals surface area contributed by atoms with Crippen LogP contribution < -0.4 is 15.5 Å². The molecule has 8 nitrogen and oxygen atoms in total. The van der Waals surface area contributed by atoms with Crippen LogP contribution in [-0.4, -0.2) is 55.0 Å². The van der Waals surface area contributed by atoms with E-state index in [1.807, 2.05) is 31.1 Å². The molecule has 0 saturated heterocycles. The molecule has 0 aliphatic carbocycles. The van der Waals surface area contributed by atoms with E-state index in [4.69, 9.17) is 0 Å². The Morgan fingerprint density at radius 2 is 1.74 bits per heavy atom. The van der Waals surface area contributed by atoms with Crippen LogP contribution in [0.1, 0.15) is 23.6 Å². The first kappa shape index (κ1) is 26.6. The maximum absolute atomic E-state index is 13.9. The maximum atomic E-state index is 13.9. The van der Waals surface area contributed by atoms with Gasteiger partial charge in [-0.05, 0) is 73.8 Å². The summed E-state index contributed by atoms with van der Waals surface area (Å²) in [6.07, 6.45) is -0.174. The Hall–Kier alpha value is -4.50. The summed E-state index contributed by atoms with van der Waals surface area (Å²) in [6, 6.07) is 18.3. The average Bonchev–Trinajstić information content (AvgIpc) is 3.17. The van der Waals surface area contributed by atoms with Crippen molar-refractivity contribution in [1.82, 2.24) is 4.90 Å². The Balaban J connectivity index is 1.75. The molecule has 0 radical (unpaired) electrons. The third-order valence-corrected chi connectivity index (χ3v) is 6.15. The number of hydrogen-bond acceptors (Lipinski definition) is 5. The number of benzene rings is 3. The number of nitrogens with zero attached hydrogens (tertiary/aromatic N) is 2. The van der Waals surface area contributed by atoms with Crippen molar-refractivity contribution >= 4 is 46.1 Å². The van der Waals surface area contributed by atoms with Crippen molar-refractivity contribution in [3.8, 4) is 0 Å². The van der Waals surface area contributed by atoms with Gasteiger partial charge in [0.1, 0.15) is 5.82 Å². The van der Waals surface area contributed by atoms with E-state index in [0.717, 1.165) is 5.69 Å². The average molecular weight is 517 g/mol. The fourth-order valence-corrected chi connectivity index (χ4v) is 4.32. The summed E-state index contributed by atoms with van der Waals surface area (Å²) in [5.41, 5.74) is 4.22. The molecule has 0 bridgehead atoms. The maximum Gasteiger partial charge on any atom is 0.307 e. The highest BCUT2D eigenvalue weighted by Crippen LogP contribution is 2.38. The molecular formula is C29H29FN4O4. The predicted molar refractivity (Wildman–Crippen MR) is 146 cm³/mol. The molecule has 1 heterocycles. The van der Waals surface area contributed by atoms with E-state index in [9.17, 15) is 23.9 Å². The Morgan fingerprint density at radius 3 is 2.39 bits per heavy atom. The van der Waals surface area contributed by atoms with Gasteiger partial charge in [-0.3, -0.25) is 14.4 Å². The van der Waals surface area contributed by atoms with E-state index in [0.29, 0.717) is 52.4 Å². The monoisotopic (exact) mass is 516 g/mol. The Bertz CT molecular complexity index is 1420. The Morgan fingerprint density at radius 1 is 1.00 bits per heavy atom. The first-order valence-corrected chi connectivity index (χ1v) is 12.1. The number of likely N-dealkylation sites (N-methyl/N-ethyl adjacent to an activating group) is 1. The van der Waals surface area contributed by atoms with E-state index >= 15 is 0 Å². The third kappa shape index (κ3) is 6.07. The van der Waals surface area contributed by atoms with Gasteiger partial charge >= 0.3 is 5.97 Å². The second-order valence-corrected chi connectivity index (χ2v) is 9.31.